The number of halogens is 4. The summed E-state index contributed by atoms with van der Waals surface area (Å²) >= 11 is 5.79. The van der Waals surface area contributed by atoms with Gasteiger partial charge in [0, 0.05) is 11.8 Å². The molecule has 19 heavy (non-hydrogen) atoms. The molecule has 1 aromatic carbocycles. The number of amides is 1. The summed E-state index contributed by atoms with van der Waals surface area (Å²) in [6.45, 7) is -1.66. The molecule has 0 atom stereocenters. The van der Waals surface area contributed by atoms with Gasteiger partial charge < -0.3 is 15.4 Å². The minimum atomic E-state index is -4.34. The number of hydrogen-bond donors (Lipinski definition) is 2. The van der Waals surface area contributed by atoms with Crippen molar-refractivity contribution in [3.63, 3.8) is 0 Å². The third-order valence-corrected chi connectivity index (χ3v) is 2.36. The number of carbonyl (C=O) groups is 1. The largest absolute Gasteiger partial charge is 0.495 e. The predicted molar refractivity (Wildman–Crippen MR) is 65.6 cm³/mol. The van der Waals surface area contributed by atoms with Crippen molar-refractivity contribution in [2.24, 2.45) is 0 Å². The Labute approximate surface area is 112 Å². The number of carbonyl (C=O) groups excluding carboxylic acids is 1. The van der Waals surface area contributed by atoms with Crippen LogP contribution in [0.4, 0.5) is 18.9 Å². The molecule has 1 rings (SSSR count). The highest BCUT2D eigenvalue weighted by Gasteiger charge is 2.26. The lowest BCUT2D eigenvalue weighted by Gasteiger charge is -2.10. The predicted octanol–water partition coefficient (Wildman–Crippen LogP) is 2.44. The summed E-state index contributed by atoms with van der Waals surface area (Å²) in [7, 11) is 1.41. The fraction of sp³-hybridized carbons (Fsp3) is 0.364. The van der Waals surface area contributed by atoms with Crippen LogP contribution >= 0.6 is 11.6 Å². The zero-order valence-electron chi connectivity index (χ0n) is 9.97. The number of nitrogens with one attached hydrogen (secondary N) is 2. The van der Waals surface area contributed by atoms with Crippen LogP contribution in [-0.4, -0.2) is 32.3 Å². The Morgan fingerprint density at radius 2 is 2.11 bits per heavy atom. The Hall–Kier alpha value is -1.47. The van der Waals surface area contributed by atoms with Crippen LogP contribution in [0, 0.1) is 0 Å². The molecule has 0 aliphatic rings. The minimum Gasteiger partial charge on any atom is -0.495 e. The van der Waals surface area contributed by atoms with Gasteiger partial charge in [-0.25, -0.2) is 0 Å². The summed E-state index contributed by atoms with van der Waals surface area (Å²) < 4.78 is 40.5. The molecule has 0 saturated heterocycles. The van der Waals surface area contributed by atoms with Gasteiger partial charge in [0.05, 0.1) is 25.2 Å². The molecule has 0 aromatic heterocycles. The summed E-state index contributed by atoms with van der Waals surface area (Å²) in [6.07, 6.45) is -4.34. The van der Waals surface area contributed by atoms with Gasteiger partial charge in [-0.15, -0.1) is 0 Å². The first-order chi connectivity index (χ1) is 8.81. The quantitative estimate of drug-likeness (QED) is 0.877. The number of benzene rings is 1. The second-order valence-corrected chi connectivity index (χ2v) is 4.02. The SMILES string of the molecule is COc1cc(NC(=O)CNCC(F)(F)F)ccc1Cl. The van der Waals surface area contributed by atoms with E-state index in [4.69, 9.17) is 16.3 Å². The Kier molecular flexibility index (Phi) is 5.44. The average molecular weight is 297 g/mol. The van der Waals surface area contributed by atoms with E-state index in [1.165, 1.54) is 25.3 Å². The smallest absolute Gasteiger partial charge is 0.401 e. The van der Waals surface area contributed by atoms with Crippen LogP contribution in [0.1, 0.15) is 0 Å². The lowest BCUT2D eigenvalue weighted by molar-refractivity contribution is -0.126. The third-order valence-electron chi connectivity index (χ3n) is 2.05. The van der Waals surface area contributed by atoms with E-state index in [-0.39, 0.29) is 0 Å². The van der Waals surface area contributed by atoms with E-state index in [1.54, 1.807) is 0 Å². The second kappa shape index (κ2) is 6.63. The maximum absolute atomic E-state index is 11.9. The summed E-state index contributed by atoms with van der Waals surface area (Å²) in [5.41, 5.74) is 0.389. The van der Waals surface area contributed by atoms with E-state index in [0.29, 0.717) is 16.5 Å². The summed E-state index contributed by atoms with van der Waals surface area (Å²) in [6, 6.07) is 4.51. The first-order valence-corrected chi connectivity index (χ1v) is 5.60. The van der Waals surface area contributed by atoms with E-state index in [2.05, 4.69) is 5.32 Å². The molecule has 0 unspecified atom stereocenters. The zero-order valence-corrected chi connectivity index (χ0v) is 10.7. The molecule has 8 heteroatoms. The molecule has 0 spiro atoms. The molecule has 0 aliphatic heterocycles. The molecular formula is C11H12ClF3N2O2. The summed E-state index contributed by atoms with van der Waals surface area (Å²) in [5.74, 6) is -0.226. The molecule has 106 valence electrons. The topological polar surface area (TPSA) is 50.4 Å². The molecular weight excluding hydrogens is 285 g/mol. The van der Waals surface area contributed by atoms with Crippen molar-refractivity contribution in [1.82, 2.24) is 5.32 Å². The number of methoxy groups -OCH3 is 1. The van der Waals surface area contributed by atoms with Crippen LogP contribution in [0.25, 0.3) is 0 Å². The van der Waals surface area contributed by atoms with Gasteiger partial charge in [-0.1, -0.05) is 11.6 Å². The van der Waals surface area contributed by atoms with Crippen LogP contribution in [0.5, 0.6) is 5.75 Å². The highest BCUT2D eigenvalue weighted by Crippen LogP contribution is 2.27. The second-order valence-electron chi connectivity index (χ2n) is 3.62. The van der Waals surface area contributed by atoms with Crippen molar-refractivity contribution < 1.29 is 22.7 Å². The number of ether oxygens (including phenoxy) is 1. The molecule has 1 amide bonds. The van der Waals surface area contributed by atoms with Crippen molar-refractivity contribution in [2.45, 2.75) is 6.18 Å². The van der Waals surface area contributed by atoms with Gasteiger partial charge in [-0.2, -0.15) is 13.2 Å². The van der Waals surface area contributed by atoms with E-state index in [1.807, 2.05) is 5.32 Å². The normalized spacial score (nSPS) is 11.2. The molecule has 1 aromatic rings. The van der Waals surface area contributed by atoms with Crippen molar-refractivity contribution in [2.75, 3.05) is 25.5 Å². The van der Waals surface area contributed by atoms with Crippen LogP contribution < -0.4 is 15.4 Å². The Balaban J connectivity index is 2.48. The molecule has 0 saturated carbocycles. The van der Waals surface area contributed by atoms with E-state index in [9.17, 15) is 18.0 Å². The lowest BCUT2D eigenvalue weighted by Crippen LogP contribution is -2.35. The molecule has 0 aliphatic carbocycles. The molecule has 0 fully saturated rings. The Morgan fingerprint density at radius 3 is 2.68 bits per heavy atom. The van der Waals surface area contributed by atoms with Crippen molar-refractivity contribution >= 4 is 23.2 Å². The number of anilines is 1. The van der Waals surface area contributed by atoms with Crippen LogP contribution in [0.3, 0.4) is 0 Å². The van der Waals surface area contributed by atoms with Gasteiger partial charge in [-0.05, 0) is 12.1 Å². The minimum absolute atomic E-state index is 0.364. The van der Waals surface area contributed by atoms with E-state index in [0.717, 1.165) is 0 Å². The van der Waals surface area contributed by atoms with E-state index < -0.39 is 25.2 Å². The average Bonchev–Trinajstić information content (AvgIpc) is 2.30. The molecule has 0 bridgehead atoms. The number of hydrogen-bond acceptors (Lipinski definition) is 3. The first-order valence-electron chi connectivity index (χ1n) is 5.22. The van der Waals surface area contributed by atoms with Crippen LogP contribution in [0.15, 0.2) is 18.2 Å². The number of alkyl halides is 3. The fourth-order valence-electron chi connectivity index (χ4n) is 1.26. The highest BCUT2D eigenvalue weighted by molar-refractivity contribution is 6.32. The van der Waals surface area contributed by atoms with Crippen molar-refractivity contribution in [3.05, 3.63) is 23.2 Å². The van der Waals surface area contributed by atoms with Gasteiger partial charge in [0.25, 0.3) is 0 Å². The van der Waals surface area contributed by atoms with Crippen LogP contribution in [-0.2, 0) is 4.79 Å². The molecule has 0 heterocycles. The van der Waals surface area contributed by atoms with E-state index >= 15 is 0 Å². The maximum Gasteiger partial charge on any atom is 0.401 e. The standard InChI is InChI=1S/C11H12ClF3N2O2/c1-19-9-4-7(2-3-8(9)12)17-10(18)5-16-6-11(13,14)15/h2-4,16H,5-6H2,1H3,(H,17,18). The summed E-state index contributed by atoms with van der Waals surface area (Å²) in [4.78, 5) is 11.4. The van der Waals surface area contributed by atoms with Gasteiger partial charge in [0.15, 0.2) is 0 Å². The van der Waals surface area contributed by atoms with Crippen LogP contribution in [0.2, 0.25) is 5.02 Å². The third kappa shape index (κ3) is 5.80. The molecule has 0 radical (unpaired) electrons. The Morgan fingerprint density at radius 1 is 1.42 bits per heavy atom. The summed E-state index contributed by atoms with van der Waals surface area (Å²) in [5, 5.41) is 4.78. The first kappa shape index (κ1) is 15.6. The highest BCUT2D eigenvalue weighted by atomic mass is 35.5. The van der Waals surface area contributed by atoms with Gasteiger partial charge in [0.1, 0.15) is 5.75 Å². The Bertz CT molecular complexity index is 452. The lowest BCUT2D eigenvalue weighted by atomic mass is 10.3. The van der Waals surface area contributed by atoms with Crippen molar-refractivity contribution in [3.8, 4) is 5.75 Å². The fourth-order valence-corrected chi connectivity index (χ4v) is 1.46. The molecule has 4 nitrogen and oxygen atoms in total. The monoisotopic (exact) mass is 296 g/mol. The zero-order chi connectivity index (χ0) is 14.5. The van der Waals surface area contributed by atoms with Crippen molar-refractivity contribution in [1.29, 1.82) is 0 Å². The van der Waals surface area contributed by atoms with Gasteiger partial charge in [-0.3, -0.25) is 4.79 Å². The molecule has 2 N–H and O–H groups in total. The number of rotatable bonds is 5. The maximum atomic E-state index is 11.9. The van der Waals surface area contributed by atoms with Gasteiger partial charge in [0.2, 0.25) is 5.91 Å². The van der Waals surface area contributed by atoms with Gasteiger partial charge >= 0.3 is 6.18 Å².